The van der Waals surface area contributed by atoms with Crippen LogP contribution in [-0.2, 0) is 23.0 Å². The fraction of sp³-hybridized carbons (Fsp3) is 0.462. The zero-order valence-corrected chi connectivity index (χ0v) is 11.7. The van der Waals surface area contributed by atoms with Crippen molar-refractivity contribution in [3.05, 3.63) is 23.1 Å². The van der Waals surface area contributed by atoms with Crippen molar-refractivity contribution >= 4 is 17.3 Å². The Morgan fingerprint density at radius 1 is 1.63 bits per heavy atom. The number of hydrogen-bond donors (Lipinski definition) is 0. The molecule has 0 radical (unpaired) electrons. The first-order valence-corrected chi connectivity index (χ1v) is 7.15. The lowest BCUT2D eigenvalue weighted by molar-refractivity contribution is -0.145. The number of aromatic nitrogens is 3. The molecule has 0 aromatic carbocycles. The normalized spacial score (nSPS) is 17.5. The molecule has 100 valence electrons. The molecule has 3 rings (SSSR count). The van der Waals surface area contributed by atoms with Crippen LogP contribution in [0, 0.1) is 0 Å². The van der Waals surface area contributed by atoms with Gasteiger partial charge in [0.05, 0.1) is 30.5 Å². The molecule has 2 aromatic heterocycles. The van der Waals surface area contributed by atoms with Gasteiger partial charge >= 0.3 is 5.97 Å². The van der Waals surface area contributed by atoms with E-state index in [1.807, 2.05) is 18.5 Å². The highest BCUT2D eigenvalue weighted by molar-refractivity contribution is 7.15. The third kappa shape index (κ3) is 2.06. The summed E-state index contributed by atoms with van der Waals surface area (Å²) < 4.78 is 7.05. The van der Waals surface area contributed by atoms with Crippen molar-refractivity contribution in [1.29, 1.82) is 0 Å². The SMILES string of the molecule is CCOC(=O)C1CCc2sc(-c3cncn3C)nc21. The van der Waals surface area contributed by atoms with Crippen LogP contribution in [0.3, 0.4) is 0 Å². The topological polar surface area (TPSA) is 57.0 Å². The number of esters is 1. The van der Waals surface area contributed by atoms with Gasteiger partial charge in [0.25, 0.3) is 0 Å². The van der Waals surface area contributed by atoms with Crippen molar-refractivity contribution in [3.63, 3.8) is 0 Å². The van der Waals surface area contributed by atoms with Gasteiger partial charge in [-0.2, -0.15) is 0 Å². The quantitative estimate of drug-likeness (QED) is 0.807. The van der Waals surface area contributed by atoms with E-state index in [-0.39, 0.29) is 11.9 Å². The Balaban J connectivity index is 1.93. The third-order valence-electron chi connectivity index (χ3n) is 3.32. The molecule has 1 atom stereocenters. The van der Waals surface area contributed by atoms with Gasteiger partial charge in [-0.3, -0.25) is 4.79 Å². The molecule has 0 N–H and O–H groups in total. The molecular formula is C13H15N3O2S. The summed E-state index contributed by atoms with van der Waals surface area (Å²) in [4.78, 5) is 21.8. The van der Waals surface area contributed by atoms with Crippen molar-refractivity contribution in [2.24, 2.45) is 7.05 Å². The first-order chi connectivity index (χ1) is 9.20. The van der Waals surface area contributed by atoms with E-state index in [1.54, 1.807) is 23.9 Å². The van der Waals surface area contributed by atoms with Gasteiger partial charge in [-0.15, -0.1) is 11.3 Å². The molecule has 5 nitrogen and oxygen atoms in total. The molecule has 1 aliphatic carbocycles. The van der Waals surface area contributed by atoms with Gasteiger partial charge in [0.15, 0.2) is 0 Å². The smallest absolute Gasteiger partial charge is 0.315 e. The van der Waals surface area contributed by atoms with Crippen molar-refractivity contribution in [2.45, 2.75) is 25.7 Å². The molecule has 1 aliphatic rings. The molecule has 2 heterocycles. The van der Waals surface area contributed by atoms with Crippen molar-refractivity contribution in [1.82, 2.24) is 14.5 Å². The number of carbonyl (C=O) groups excluding carboxylic acids is 1. The molecule has 0 bridgehead atoms. The minimum absolute atomic E-state index is 0.150. The van der Waals surface area contributed by atoms with Crippen LogP contribution in [0.5, 0.6) is 0 Å². The fourth-order valence-corrected chi connectivity index (χ4v) is 3.56. The number of aryl methyl sites for hydroxylation is 2. The van der Waals surface area contributed by atoms with E-state index in [9.17, 15) is 4.79 Å². The Morgan fingerprint density at radius 2 is 2.47 bits per heavy atom. The number of ether oxygens (including phenoxy) is 1. The first-order valence-electron chi connectivity index (χ1n) is 6.33. The second kappa shape index (κ2) is 4.77. The minimum atomic E-state index is -0.187. The maximum atomic E-state index is 11.9. The van der Waals surface area contributed by atoms with Crippen molar-refractivity contribution < 1.29 is 9.53 Å². The summed E-state index contributed by atoms with van der Waals surface area (Å²) in [5.41, 5.74) is 1.89. The Hall–Kier alpha value is -1.69. The van der Waals surface area contributed by atoms with E-state index in [1.165, 1.54) is 4.88 Å². The third-order valence-corrected chi connectivity index (χ3v) is 4.48. The second-order valence-corrected chi connectivity index (χ2v) is 5.64. The molecule has 6 heteroatoms. The van der Waals surface area contributed by atoms with Crippen LogP contribution in [-0.4, -0.2) is 27.1 Å². The van der Waals surface area contributed by atoms with E-state index in [4.69, 9.17) is 4.74 Å². The van der Waals surface area contributed by atoms with Crippen LogP contribution in [0.15, 0.2) is 12.5 Å². The van der Waals surface area contributed by atoms with Crippen LogP contribution in [0.1, 0.15) is 29.8 Å². The van der Waals surface area contributed by atoms with Gasteiger partial charge in [-0.25, -0.2) is 9.97 Å². The number of carbonyl (C=O) groups is 1. The zero-order valence-electron chi connectivity index (χ0n) is 10.9. The molecule has 0 amide bonds. The van der Waals surface area contributed by atoms with E-state index >= 15 is 0 Å². The molecule has 0 aliphatic heterocycles. The van der Waals surface area contributed by atoms with Gasteiger partial charge in [-0.1, -0.05) is 0 Å². The van der Waals surface area contributed by atoms with Gasteiger partial charge in [0, 0.05) is 11.9 Å². The number of imidazole rings is 1. The van der Waals surface area contributed by atoms with E-state index in [2.05, 4.69) is 9.97 Å². The maximum absolute atomic E-state index is 11.9. The van der Waals surface area contributed by atoms with Gasteiger partial charge in [0.1, 0.15) is 10.9 Å². The van der Waals surface area contributed by atoms with Gasteiger partial charge in [0.2, 0.25) is 0 Å². The van der Waals surface area contributed by atoms with Crippen molar-refractivity contribution in [3.8, 4) is 10.7 Å². The summed E-state index contributed by atoms with van der Waals surface area (Å²) in [5.74, 6) is -0.337. The molecule has 2 aromatic rings. The highest BCUT2D eigenvalue weighted by Gasteiger charge is 2.33. The molecule has 1 unspecified atom stereocenters. The summed E-state index contributed by atoms with van der Waals surface area (Å²) in [6.07, 6.45) is 5.28. The highest BCUT2D eigenvalue weighted by Crippen LogP contribution is 2.40. The number of fused-ring (bicyclic) bond motifs is 1. The van der Waals surface area contributed by atoms with Crippen LogP contribution in [0.25, 0.3) is 10.7 Å². The lowest BCUT2D eigenvalue weighted by Gasteiger charge is -2.07. The number of rotatable bonds is 3. The molecular weight excluding hydrogens is 262 g/mol. The van der Waals surface area contributed by atoms with Crippen LogP contribution < -0.4 is 0 Å². The Morgan fingerprint density at radius 3 is 3.16 bits per heavy atom. The van der Waals surface area contributed by atoms with Crippen molar-refractivity contribution in [2.75, 3.05) is 6.61 Å². The van der Waals surface area contributed by atoms with E-state index in [0.29, 0.717) is 6.61 Å². The summed E-state index contributed by atoms with van der Waals surface area (Å²) in [7, 11) is 1.94. The summed E-state index contributed by atoms with van der Waals surface area (Å²) in [6.45, 7) is 2.25. The molecule has 0 fully saturated rings. The highest BCUT2D eigenvalue weighted by atomic mass is 32.1. The molecule has 0 saturated carbocycles. The van der Waals surface area contributed by atoms with E-state index < -0.39 is 0 Å². The summed E-state index contributed by atoms with van der Waals surface area (Å²) in [5, 5.41) is 0.930. The van der Waals surface area contributed by atoms with Crippen LogP contribution in [0.2, 0.25) is 0 Å². The number of nitrogens with zero attached hydrogens (tertiary/aromatic N) is 3. The standard InChI is InChI=1S/C13H15N3O2S/c1-3-18-13(17)8-4-5-10-11(8)15-12(19-10)9-6-14-7-16(9)2/h6-8H,3-5H2,1-2H3. The summed E-state index contributed by atoms with van der Waals surface area (Å²) in [6, 6.07) is 0. The number of thiazole rings is 1. The maximum Gasteiger partial charge on any atom is 0.315 e. The Labute approximate surface area is 115 Å². The average Bonchev–Trinajstić information content (AvgIpc) is 3.02. The molecule has 0 saturated heterocycles. The number of hydrogen-bond acceptors (Lipinski definition) is 5. The zero-order chi connectivity index (χ0) is 13.4. The predicted molar refractivity (Wildman–Crippen MR) is 72.0 cm³/mol. The van der Waals surface area contributed by atoms with E-state index in [0.717, 1.165) is 29.2 Å². The van der Waals surface area contributed by atoms with Crippen LogP contribution >= 0.6 is 11.3 Å². The lowest BCUT2D eigenvalue weighted by atomic mass is 10.1. The molecule has 0 spiro atoms. The first kappa shape index (κ1) is 12.3. The monoisotopic (exact) mass is 277 g/mol. The van der Waals surface area contributed by atoms with Gasteiger partial charge < -0.3 is 9.30 Å². The van der Waals surface area contributed by atoms with Gasteiger partial charge in [-0.05, 0) is 19.8 Å². The Kier molecular flexibility index (Phi) is 3.10. The average molecular weight is 277 g/mol. The second-order valence-electron chi connectivity index (χ2n) is 4.56. The largest absolute Gasteiger partial charge is 0.465 e. The minimum Gasteiger partial charge on any atom is -0.465 e. The lowest BCUT2D eigenvalue weighted by Crippen LogP contribution is -2.14. The predicted octanol–water partition coefficient (Wildman–Crippen LogP) is 2.14. The fourth-order valence-electron chi connectivity index (χ4n) is 2.37. The molecule has 19 heavy (non-hydrogen) atoms. The Bertz CT molecular complexity index is 617. The summed E-state index contributed by atoms with van der Waals surface area (Å²) >= 11 is 1.65. The van der Waals surface area contributed by atoms with Crippen LogP contribution in [0.4, 0.5) is 0 Å².